The van der Waals surface area contributed by atoms with Crippen LogP contribution in [0.25, 0.3) is 10.4 Å². The van der Waals surface area contributed by atoms with Gasteiger partial charge in [0.1, 0.15) is 12.4 Å². The summed E-state index contributed by atoms with van der Waals surface area (Å²) in [6.45, 7) is 1.81. The number of imidazole rings is 1. The zero-order valence-electron chi connectivity index (χ0n) is 13.8. The van der Waals surface area contributed by atoms with Gasteiger partial charge < -0.3 is 24.0 Å². The monoisotopic (exact) mass is 419 g/mol. The molecule has 0 aliphatic heterocycles. The van der Waals surface area contributed by atoms with Crippen molar-refractivity contribution < 1.29 is 28.5 Å². The first-order valence-corrected chi connectivity index (χ1v) is 8.35. The van der Waals surface area contributed by atoms with E-state index in [2.05, 4.69) is 44.9 Å². The van der Waals surface area contributed by atoms with Gasteiger partial charge in [-0.2, -0.15) is 0 Å². The van der Waals surface area contributed by atoms with E-state index >= 15 is 0 Å². The van der Waals surface area contributed by atoms with Crippen LogP contribution in [-0.2, 0) is 13.6 Å². The van der Waals surface area contributed by atoms with Crippen molar-refractivity contribution in [1.82, 2.24) is 4.57 Å². The molecule has 0 radical (unpaired) electrons. The van der Waals surface area contributed by atoms with Crippen molar-refractivity contribution in [2.75, 3.05) is 6.54 Å². The molecule has 0 atom stereocenters. The van der Waals surface area contributed by atoms with Crippen molar-refractivity contribution >= 4 is 0 Å². The largest absolute Gasteiger partial charge is 1.00 e. The SMILES string of the molecule is C[n+]1ccn(CCCCCCCCCCCCN=[N+]=[N-])c1.[I-]. The van der Waals surface area contributed by atoms with Gasteiger partial charge in [-0.3, -0.25) is 0 Å². The molecule has 0 amide bonds. The summed E-state index contributed by atoms with van der Waals surface area (Å²) in [6.07, 6.45) is 19.3. The molecule has 0 aromatic carbocycles. The summed E-state index contributed by atoms with van der Waals surface area (Å²) < 4.78 is 4.35. The highest BCUT2D eigenvalue weighted by Gasteiger charge is 1.99. The van der Waals surface area contributed by atoms with Crippen LogP contribution in [0.2, 0.25) is 0 Å². The first kappa shape index (κ1) is 21.2. The fraction of sp³-hybridized carbons (Fsp3) is 0.812. The van der Waals surface area contributed by atoms with Crippen LogP contribution in [0, 0.1) is 0 Å². The minimum atomic E-state index is 0. The molecular formula is C16H30IN5. The first-order chi connectivity index (χ1) is 10.3. The maximum absolute atomic E-state index is 8.15. The molecule has 126 valence electrons. The molecule has 22 heavy (non-hydrogen) atoms. The average molecular weight is 419 g/mol. The Bertz CT molecular complexity index is 412. The summed E-state index contributed by atoms with van der Waals surface area (Å²) in [7, 11) is 2.06. The lowest BCUT2D eigenvalue weighted by atomic mass is 10.1. The van der Waals surface area contributed by atoms with E-state index in [0.717, 1.165) is 13.0 Å². The Balaban J connectivity index is 0.00000441. The van der Waals surface area contributed by atoms with Gasteiger partial charge in [-0.25, -0.2) is 9.13 Å². The highest BCUT2D eigenvalue weighted by Crippen LogP contribution is 2.11. The van der Waals surface area contributed by atoms with Crippen LogP contribution in [0.15, 0.2) is 23.8 Å². The minimum Gasteiger partial charge on any atom is -1.00 e. The highest BCUT2D eigenvalue weighted by atomic mass is 127. The van der Waals surface area contributed by atoms with E-state index in [1.807, 2.05) is 0 Å². The molecule has 1 aromatic heterocycles. The van der Waals surface area contributed by atoms with Gasteiger partial charge >= 0.3 is 0 Å². The lowest BCUT2D eigenvalue weighted by Crippen LogP contribution is -3.00. The fourth-order valence-corrected chi connectivity index (χ4v) is 2.57. The van der Waals surface area contributed by atoms with E-state index in [9.17, 15) is 0 Å². The van der Waals surface area contributed by atoms with Crippen molar-refractivity contribution in [2.45, 2.75) is 70.8 Å². The summed E-state index contributed by atoms with van der Waals surface area (Å²) in [4.78, 5) is 2.76. The van der Waals surface area contributed by atoms with Crippen LogP contribution in [0.1, 0.15) is 64.2 Å². The summed E-state index contributed by atoms with van der Waals surface area (Å²) in [5, 5.41) is 3.55. The van der Waals surface area contributed by atoms with Crippen LogP contribution in [0.4, 0.5) is 0 Å². The van der Waals surface area contributed by atoms with Gasteiger partial charge in [-0.15, -0.1) is 0 Å². The molecule has 1 rings (SSSR count). The molecule has 0 bridgehead atoms. The zero-order valence-corrected chi connectivity index (χ0v) is 16.0. The fourth-order valence-electron chi connectivity index (χ4n) is 2.57. The smallest absolute Gasteiger partial charge is 0.243 e. The molecule has 0 fully saturated rings. The Kier molecular flexibility index (Phi) is 14.6. The van der Waals surface area contributed by atoms with E-state index in [4.69, 9.17) is 5.53 Å². The van der Waals surface area contributed by atoms with Crippen molar-refractivity contribution in [3.63, 3.8) is 0 Å². The molecule has 0 spiro atoms. The molecule has 0 saturated carbocycles. The van der Waals surface area contributed by atoms with Gasteiger partial charge in [-0.05, 0) is 24.8 Å². The summed E-state index contributed by atoms with van der Waals surface area (Å²) in [5.74, 6) is 0. The highest BCUT2D eigenvalue weighted by molar-refractivity contribution is 4.65. The second kappa shape index (κ2) is 15.2. The molecule has 1 heterocycles. The summed E-state index contributed by atoms with van der Waals surface area (Å²) >= 11 is 0. The quantitative estimate of drug-likeness (QED) is 0.116. The van der Waals surface area contributed by atoms with Gasteiger partial charge in [0.05, 0.1) is 13.6 Å². The lowest BCUT2D eigenvalue weighted by Gasteiger charge is -2.02. The Morgan fingerprint density at radius 2 is 1.50 bits per heavy atom. The number of hydrogen-bond acceptors (Lipinski definition) is 1. The number of azide groups is 1. The molecule has 0 aliphatic rings. The zero-order chi connectivity index (χ0) is 15.2. The predicted molar refractivity (Wildman–Crippen MR) is 85.8 cm³/mol. The third kappa shape index (κ3) is 11.9. The molecule has 0 aliphatic carbocycles. The maximum Gasteiger partial charge on any atom is 0.243 e. The van der Waals surface area contributed by atoms with Crippen LogP contribution < -0.4 is 28.5 Å². The van der Waals surface area contributed by atoms with Crippen molar-refractivity contribution in [3.05, 3.63) is 29.2 Å². The second-order valence-electron chi connectivity index (χ2n) is 5.81. The lowest BCUT2D eigenvalue weighted by molar-refractivity contribution is -0.671. The van der Waals surface area contributed by atoms with E-state index < -0.39 is 0 Å². The Morgan fingerprint density at radius 3 is 2.00 bits per heavy atom. The molecule has 6 heteroatoms. The van der Waals surface area contributed by atoms with Crippen molar-refractivity contribution in [1.29, 1.82) is 0 Å². The van der Waals surface area contributed by atoms with Crippen LogP contribution in [0.3, 0.4) is 0 Å². The van der Waals surface area contributed by atoms with Crippen LogP contribution in [0.5, 0.6) is 0 Å². The molecule has 0 saturated heterocycles. The number of aromatic nitrogens is 2. The van der Waals surface area contributed by atoms with Crippen molar-refractivity contribution in [2.24, 2.45) is 12.2 Å². The van der Waals surface area contributed by atoms with Gasteiger partial charge in [0, 0.05) is 11.5 Å². The summed E-state index contributed by atoms with van der Waals surface area (Å²) in [6, 6.07) is 0. The van der Waals surface area contributed by atoms with E-state index in [-0.39, 0.29) is 24.0 Å². The van der Waals surface area contributed by atoms with Crippen molar-refractivity contribution in [3.8, 4) is 0 Å². The molecule has 0 N–H and O–H groups in total. The third-order valence-corrected chi connectivity index (χ3v) is 3.81. The molecule has 5 nitrogen and oxygen atoms in total. The van der Waals surface area contributed by atoms with Gasteiger partial charge in [-0.1, -0.05) is 50.1 Å². The summed E-state index contributed by atoms with van der Waals surface area (Å²) in [5.41, 5.74) is 8.15. The predicted octanol–water partition coefficient (Wildman–Crippen LogP) is 1.53. The number of rotatable bonds is 13. The van der Waals surface area contributed by atoms with E-state index in [1.165, 1.54) is 57.8 Å². The molecule has 0 unspecified atom stereocenters. The second-order valence-corrected chi connectivity index (χ2v) is 5.81. The third-order valence-electron chi connectivity index (χ3n) is 3.81. The van der Waals surface area contributed by atoms with Gasteiger partial charge in [0.25, 0.3) is 0 Å². The van der Waals surface area contributed by atoms with E-state index in [0.29, 0.717) is 6.54 Å². The number of aryl methyl sites for hydroxylation is 2. The number of unbranched alkanes of at least 4 members (excludes halogenated alkanes) is 9. The number of halogens is 1. The average Bonchev–Trinajstić information content (AvgIpc) is 2.89. The minimum absolute atomic E-state index is 0. The van der Waals surface area contributed by atoms with E-state index in [1.54, 1.807) is 0 Å². The Labute approximate surface area is 151 Å². The van der Waals surface area contributed by atoms with Crippen LogP contribution in [-0.4, -0.2) is 11.1 Å². The first-order valence-electron chi connectivity index (χ1n) is 8.35. The normalized spacial score (nSPS) is 10.0. The maximum atomic E-state index is 8.15. The Morgan fingerprint density at radius 1 is 0.955 bits per heavy atom. The topological polar surface area (TPSA) is 57.6 Å². The number of nitrogens with zero attached hydrogens (tertiary/aromatic N) is 5. The van der Waals surface area contributed by atoms with Gasteiger partial charge in [0.2, 0.25) is 6.33 Å². The molecular weight excluding hydrogens is 389 g/mol. The standard InChI is InChI=1S/C16H30N5.HI/c1-20-14-15-21(16-20)13-11-9-7-5-3-2-4-6-8-10-12-18-19-17;/h14-16H,2-13H2,1H3;1H/q+1;/p-1. The number of hydrogen-bond donors (Lipinski definition) is 0. The van der Waals surface area contributed by atoms with Crippen LogP contribution >= 0.6 is 0 Å². The Hall–Kier alpha value is -0.750. The van der Waals surface area contributed by atoms with Gasteiger partial charge in [0.15, 0.2) is 0 Å². The molecule has 1 aromatic rings.